The normalized spacial score (nSPS) is 22.6. The summed E-state index contributed by atoms with van der Waals surface area (Å²) in [4.78, 5) is 182. The number of aromatic amines is 3. The van der Waals surface area contributed by atoms with Crippen LogP contribution in [0.3, 0.4) is 0 Å². The van der Waals surface area contributed by atoms with Gasteiger partial charge in [-0.2, -0.15) is 0 Å². The summed E-state index contributed by atoms with van der Waals surface area (Å²) < 4.78 is 29.7. The second-order valence-corrected chi connectivity index (χ2v) is 24.0. The Kier molecular flexibility index (Phi) is 25.7. The van der Waals surface area contributed by atoms with Crippen LogP contribution in [0.15, 0.2) is 85.6 Å². The van der Waals surface area contributed by atoms with E-state index in [1.54, 1.807) is 0 Å². The molecular formula is C65H80F2N16O14. The van der Waals surface area contributed by atoms with Gasteiger partial charge in [0.1, 0.15) is 65.7 Å². The number of phenols is 1. The lowest BCUT2D eigenvalue weighted by molar-refractivity contribution is -0.143. The molecule has 32 heteroatoms. The van der Waals surface area contributed by atoms with E-state index in [4.69, 9.17) is 11.5 Å². The van der Waals surface area contributed by atoms with Crippen molar-refractivity contribution in [3.63, 3.8) is 0 Å². The van der Waals surface area contributed by atoms with Crippen LogP contribution in [-0.4, -0.2) is 181 Å². The minimum absolute atomic E-state index is 0.0106. The first-order valence-electron chi connectivity index (χ1n) is 32.0. The minimum Gasteiger partial charge on any atom is -0.508 e. The van der Waals surface area contributed by atoms with Crippen molar-refractivity contribution >= 4 is 92.8 Å². The van der Waals surface area contributed by atoms with Gasteiger partial charge in [0.25, 0.3) is 0 Å². The third-order valence-corrected chi connectivity index (χ3v) is 16.8. The summed E-state index contributed by atoms with van der Waals surface area (Å²) in [7, 11) is 0. The number of carbonyl (C=O) groups excluding carboxylic acids is 11. The number of hydrogen-bond acceptors (Lipinski definition) is 15. The van der Waals surface area contributed by atoms with Gasteiger partial charge in [-0.15, -0.1) is 0 Å². The van der Waals surface area contributed by atoms with Crippen LogP contribution in [0.4, 0.5) is 8.78 Å². The number of hydrogen-bond donors (Lipinski definition) is 16. The molecule has 0 aliphatic carbocycles. The molecule has 0 unspecified atom stereocenters. The Balaban J connectivity index is 1.13. The number of nitrogens with two attached hydrogens (primary N) is 2. The van der Waals surface area contributed by atoms with E-state index in [1.807, 2.05) is 0 Å². The first kappa shape index (κ1) is 72.0. The number of nitrogens with one attached hydrogen (secondary N) is 12. The van der Waals surface area contributed by atoms with Crippen molar-refractivity contribution in [2.24, 2.45) is 11.5 Å². The van der Waals surface area contributed by atoms with Gasteiger partial charge < -0.3 is 89.4 Å². The van der Waals surface area contributed by atoms with Gasteiger partial charge in [0.2, 0.25) is 65.0 Å². The standard InChI is InChI=1S/C65H80F2N16O14/c66-38-12-16-44-42(26-38)36(30-72-44)24-48-60(92)79-49(25-37-31-73-45-17-13-39(67)27-43(37)45)61(93)81-51(29-57(88)89)63(95)80-50(28-40-32-70-34-75-40)62(94)82-52(23-35-10-14-41(84)15-11-35)65(97)83-22-6-8-53(83)64(96)78-46(58(69)90)18-19-54(85)71-21-5-1-2-9-55(86)76-47(7-3-4-20-68)59(91)74-33-56(87)77-48/h10-17,26-27,30-32,34,46-53,72-73,84H,1-9,18-25,28-29,33,68H2,(H2,69,90)(H,70,75)(H,71,85)(H,74,91)(H,76,86)(H,77,87)(H,78,96)(H,79,92)(H,80,95)(H,81,93)(H,82,94)(H,88,89)/t46-,47-,48-,49-,50-,51-,52-,53-/m0/s1. The number of fused-ring (bicyclic) bond motifs is 3. The number of benzene rings is 3. The molecule has 97 heavy (non-hydrogen) atoms. The molecule has 30 nitrogen and oxygen atoms in total. The Hall–Kier alpha value is -10.8. The van der Waals surface area contributed by atoms with Gasteiger partial charge in [0.15, 0.2) is 0 Å². The van der Waals surface area contributed by atoms with Crippen molar-refractivity contribution < 1.29 is 76.5 Å². The van der Waals surface area contributed by atoms with E-state index < -0.39 is 157 Å². The number of primary amides is 1. The van der Waals surface area contributed by atoms with Crippen LogP contribution in [0.25, 0.3) is 21.8 Å². The number of amides is 11. The minimum atomic E-state index is -2.06. The monoisotopic (exact) mass is 1350 g/mol. The number of phenolic OH excluding ortho intramolecular Hbond substituents is 1. The van der Waals surface area contributed by atoms with Crippen LogP contribution in [-0.2, 0) is 83.2 Å². The summed E-state index contributed by atoms with van der Waals surface area (Å²) >= 11 is 0. The molecule has 0 bridgehead atoms. The first-order chi connectivity index (χ1) is 46.5. The molecule has 5 heterocycles. The highest BCUT2D eigenvalue weighted by Crippen LogP contribution is 2.25. The van der Waals surface area contributed by atoms with E-state index in [-0.39, 0.29) is 93.4 Å². The number of nitrogens with zero attached hydrogens (tertiary/aromatic N) is 2. The second-order valence-electron chi connectivity index (χ2n) is 24.0. The van der Waals surface area contributed by atoms with Crippen molar-refractivity contribution in [1.82, 2.24) is 72.7 Å². The smallest absolute Gasteiger partial charge is 0.305 e. The third kappa shape index (κ3) is 20.9. The predicted molar refractivity (Wildman–Crippen MR) is 344 cm³/mol. The topological polar surface area (TPSA) is 469 Å². The highest BCUT2D eigenvalue weighted by molar-refractivity contribution is 6.00. The molecule has 11 amide bonds. The molecule has 0 spiro atoms. The van der Waals surface area contributed by atoms with E-state index >= 15 is 0 Å². The number of carbonyl (C=O) groups is 12. The number of imidazole rings is 1. The SMILES string of the molecule is NCCCC[C@@H]1NC(=O)CCCCCNC(=O)CC[C@@H](C(N)=O)NC(=O)[C@@H]2CCCN2C(=O)[C@H](Cc2ccc(O)cc2)NC(=O)[C@H](Cc2c[nH]cn2)NC(=O)[C@H](CC(=O)O)NC(=O)[C@H](Cc2c[nH]c3ccc(F)cc23)NC(=O)[C@H](Cc2c[nH]c3ccc(F)cc23)NC(=O)CNC1=O. The van der Waals surface area contributed by atoms with Gasteiger partial charge >= 0.3 is 5.97 Å². The summed E-state index contributed by atoms with van der Waals surface area (Å²) in [6.07, 6.45) is 4.94. The maximum atomic E-state index is 15.0. The number of unbranched alkanes of at least 4 members (excludes halogenated alkanes) is 1. The van der Waals surface area contributed by atoms with Crippen LogP contribution in [0, 0.1) is 11.6 Å². The van der Waals surface area contributed by atoms with Gasteiger partial charge in [0.05, 0.1) is 25.0 Å². The zero-order valence-corrected chi connectivity index (χ0v) is 52.9. The Bertz CT molecular complexity index is 3830. The van der Waals surface area contributed by atoms with E-state index in [2.05, 4.69) is 67.8 Å². The number of carboxylic acids is 1. The molecule has 6 aromatic rings. The molecule has 2 aliphatic rings. The van der Waals surface area contributed by atoms with Crippen molar-refractivity contribution in [2.45, 2.75) is 151 Å². The molecule has 2 fully saturated rings. The number of carboxylic acid groups (broad SMARTS) is 1. The first-order valence-corrected chi connectivity index (χ1v) is 32.0. The Labute approximate surface area is 554 Å². The number of halogens is 2. The van der Waals surface area contributed by atoms with Crippen LogP contribution >= 0.6 is 0 Å². The number of H-pyrrole nitrogens is 3. The average molecular weight is 1350 g/mol. The fraction of sp³-hybridized carbons (Fsp3) is 0.431. The lowest BCUT2D eigenvalue weighted by Gasteiger charge is -2.31. The van der Waals surface area contributed by atoms with Crippen LogP contribution < -0.4 is 59.3 Å². The number of aromatic hydroxyl groups is 1. The van der Waals surface area contributed by atoms with Gasteiger partial charge in [-0.05, 0) is 123 Å². The van der Waals surface area contributed by atoms with Crippen LogP contribution in [0.2, 0.25) is 0 Å². The Morgan fingerprint density at radius 3 is 1.78 bits per heavy atom. The van der Waals surface area contributed by atoms with Crippen molar-refractivity contribution in [3.8, 4) is 5.75 Å². The zero-order valence-electron chi connectivity index (χ0n) is 52.9. The molecule has 8 rings (SSSR count). The number of aliphatic carboxylic acids is 1. The zero-order chi connectivity index (χ0) is 69.7. The Morgan fingerprint density at radius 2 is 1.18 bits per heavy atom. The van der Waals surface area contributed by atoms with Crippen molar-refractivity contribution in [1.29, 1.82) is 0 Å². The molecule has 8 atom stereocenters. The average Bonchev–Trinajstić information content (AvgIpc) is 1.72. The van der Waals surface area contributed by atoms with Crippen molar-refractivity contribution in [2.75, 3.05) is 26.2 Å². The largest absolute Gasteiger partial charge is 0.508 e. The lowest BCUT2D eigenvalue weighted by Crippen LogP contribution is -2.61. The summed E-state index contributed by atoms with van der Waals surface area (Å²) in [6, 6.07) is 0.701. The fourth-order valence-corrected chi connectivity index (χ4v) is 11.7. The fourth-order valence-electron chi connectivity index (χ4n) is 11.7. The summed E-state index contributed by atoms with van der Waals surface area (Å²) in [5.41, 5.74) is 13.4. The Morgan fingerprint density at radius 1 is 0.577 bits per heavy atom. The van der Waals surface area contributed by atoms with Gasteiger partial charge in [-0.3, -0.25) is 57.5 Å². The van der Waals surface area contributed by atoms with E-state index in [0.717, 1.165) is 6.07 Å². The summed E-state index contributed by atoms with van der Waals surface area (Å²) in [5.74, 6) is -12.9. The summed E-state index contributed by atoms with van der Waals surface area (Å²) in [6.45, 7) is -0.320. The number of aromatic nitrogens is 4. The third-order valence-electron chi connectivity index (χ3n) is 16.8. The molecule has 2 aliphatic heterocycles. The molecule has 0 radical (unpaired) electrons. The molecule has 3 aromatic carbocycles. The highest BCUT2D eigenvalue weighted by Gasteiger charge is 2.41. The quantitative estimate of drug-likeness (QED) is 0.0586. The molecule has 18 N–H and O–H groups in total. The van der Waals surface area contributed by atoms with Crippen molar-refractivity contribution in [3.05, 3.63) is 120 Å². The lowest BCUT2D eigenvalue weighted by atomic mass is 10.0. The van der Waals surface area contributed by atoms with Gasteiger partial charge in [-0.25, -0.2) is 13.8 Å². The maximum Gasteiger partial charge on any atom is 0.305 e. The van der Waals surface area contributed by atoms with E-state index in [1.165, 1.54) is 84.4 Å². The van der Waals surface area contributed by atoms with Gasteiger partial charge in [0, 0.05) is 92.0 Å². The van der Waals surface area contributed by atoms with E-state index in [9.17, 15) is 76.5 Å². The highest BCUT2D eigenvalue weighted by atomic mass is 19.1. The van der Waals surface area contributed by atoms with Crippen LogP contribution in [0.1, 0.15) is 99.4 Å². The predicted octanol–water partition coefficient (Wildman–Crippen LogP) is -0.313. The number of rotatable bonds is 15. The molecule has 0 saturated carbocycles. The van der Waals surface area contributed by atoms with Gasteiger partial charge in [-0.1, -0.05) is 18.6 Å². The maximum absolute atomic E-state index is 15.0. The van der Waals surface area contributed by atoms with Crippen LogP contribution in [0.5, 0.6) is 5.75 Å². The molecule has 518 valence electrons. The van der Waals surface area contributed by atoms with E-state index in [0.29, 0.717) is 59.7 Å². The molecule has 2 saturated heterocycles. The summed E-state index contributed by atoms with van der Waals surface area (Å²) in [5, 5.41) is 44.2. The molecule has 3 aromatic heterocycles. The molecular weight excluding hydrogens is 1270 g/mol. The second kappa shape index (κ2) is 34.6.